The largest absolute Gasteiger partial charge is 0.393 e. The molecule has 1 aliphatic carbocycles. The predicted molar refractivity (Wildman–Crippen MR) is 64.2 cm³/mol. The summed E-state index contributed by atoms with van der Waals surface area (Å²) in [7, 11) is 0. The zero-order valence-electron chi connectivity index (χ0n) is 9.20. The molecule has 0 saturated heterocycles. The number of aliphatic hydroxyl groups is 1. The summed E-state index contributed by atoms with van der Waals surface area (Å²) in [5.74, 6) is 0. The van der Waals surface area contributed by atoms with Crippen LogP contribution in [0.3, 0.4) is 0 Å². The van der Waals surface area contributed by atoms with Gasteiger partial charge >= 0.3 is 0 Å². The number of aryl methyl sites for hydroxylation is 1. The molecule has 0 aliphatic heterocycles. The minimum Gasteiger partial charge on any atom is -0.393 e. The number of thiophene rings is 1. The highest BCUT2D eigenvalue weighted by Gasteiger charge is 2.18. The van der Waals surface area contributed by atoms with E-state index < -0.39 is 0 Å². The van der Waals surface area contributed by atoms with E-state index in [2.05, 4.69) is 23.0 Å². The first-order valence-corrected chi connectivity index (χ1v) is 6.63. The summed E-state index contributed by atoms with van der Waals surface area (Å²) in [6, 6.07) is 0.604. The van der Waals surface area contributed by atoms with Crippen LogP contribution in [-0.2, 0) is 6.54 Å². The van der Waals surface area contributed by atoms with Gasteiger partial charge in [0.1, 0.15) is 0 Å². The topological polar surface area (TPSA) is 32.3 Å². The summed E-state index contributed by atoms with van der Waals surface area (Å²) in [4.78, 5) is 0. The lowest BCUT2D eigenvalue weighted by atomic mass is 9.93. The first-order chi connectivity index (χ1) is 7.25. The van der Waals surface area contributed by atoms with Gasteiger partial charge in [-0.1, -0.05) is 0 Å². The molecule has 2 N–H and O–H groups in total. The molecule has 1 saturated carbocycles. The van der Waals surface area contributed by atoms with Gasteiger partial charge in [0, 0.05) is 12.6 Å². The Morgan fingerprint density at radius 3 is 2.67 bits per heavy atom. The average Bonchev–Trinajstić information content (AvgIpc) is 2.63. The molecule has 1 aliphatic rings. The molecule has 1 aromatic heterocycles. The van der Waals surface area contributed by atoms with Crippen LogP contribution < -0.4 is 5.32 Å². The van der Waals surface area contributed by atoms with E-state index >= 15 is 0 Å². The number of hydrogen-bond donors (Lipinski definition) is 2. The van der Waals surface area contributed by atoms with Gasteiger partial charge in [-0.2, -0.15) is 11.3 Å². The summed E-state index contributed by atoms with van der Waals surface area (Å²) in [6.45, 7) is 3.15. The fraction of sp³-hybridized carbons (Fsp3) is 0.667. The van der Waals surface area contributed by atoms with Crippen LogP contribution in [0.5, 0.6) is 0 Å². The molecule has 0 amide bonds. The van der Waals surface area contributed by atoms with Gasteiger partial charge in [0.15, 0.2) is 0 Å². The fourth-order valence-corrected chi connectivity index (χ4v) is 2.96. The van der Waals surface area contributed by atoms with Crippen molar-refractivity contribution in [1.82, 2.24) is 5.32 Å². The van der Waals surface area contributed by atoms with Crippen molar-refractivity contribution in [3.8, 4) is 0 Å². The Kier molecular flexibility index (Phi) is 3.78. The van der Waals surface area contributed by atoms with Crippen molar-refractivity contribution in [2.24, 2.45) is 0 Å². The van der Waals surface area contributed by atoms with Crippen molar-refractivity contribution >= 4 is 11.3 Å². The first-order valence-electron chi connectivity index (χ1n) is 5.69. The van der Waals surface area contributed by atoms with Crippen LogP contribution in [0, 0.1) is 6.92 Å². The fourth-order valence-electron chi connectivity index (χ4n) is 2.10. The van der Waals surface area contributed by atoms with Crippen molar-refractivity contribution < 1.29 is 5.11 Å². The summed E-state index contributed by atoms with van der Waals surface area (Å²) < 4.78 is 0. The van der Waals surface area contributed by atoms with Crippen LogP contribution in [0.2, 0.25) is 0 Å². The molecule has 2 rings (SSSR count). The Morgan fingerprint density at radius 2 is 2.07 bits per heavy atom. The van der Waals surface area contributed by atoms with Crippen molar-refractivity contribution in [3.05, 3.63) is 21.9 Å². The van der Waals surface area contributed by atoms with Gasteiger partial charge in [0.25, 0.3) is 0 Å². The predicted octanol–water partition coefficient (Wildman–Crippen LogP) is 2.45. The lowest BCUT2D eigenvalue weighted by Crippen LogP contribution is -2.34. The van der Waals surface area contributed by atoms with E-state index in [-0.39, 0.29) is 6.10 Å². The molecule has 0 unspecified atom stereocenters. The highest BCUT2D eigenvalue weighted by atomic mass is 32.1. The van der Waals surface area contributed by atoms with Crippen LogP contribution >= 0.6 is 11.3 Å². The Balaban J connectivity index is 1.77. The van der Waals surface area contributed by atoms with E-state index in [0.29, 0.717) is 6.04 Å². The van der Waals surface area contributed by atoms with Gasteiger partial charge < -0.3 is 10.4 Å². The molecular weight excluding hydrogens is 206 g/mol. The van der Waals surface area contributed by atoms with E-state index in [1.54, 1.807) is 11.3 Å². The smallest absolute Gasteiger partial charge is 0.0541 e. The van der Waals surface area contributed by atoms with E-state index in [1.165, 1.54) is 11.1 Å². The number of nitrogens with one attached hydrogen (secondary N) is 1. The second-order valence-electron chi connectivity index (χ2n) is 4.47. The number of hydrogen-bond acceptors (Lipinski definition) is 3. The highest BCUT2D eigenvalue weighted by Crippen LogP contribution is 2.19. The monoisotopic (exact) mass is 225 g/mol. The molecule has 15 heavy (non-hydrogen) atoms. The molecule has 0 spiro atoms. The Morgan fingerprint density at radius 1 is 1.33 bits per heavy atom. The van der Waals surface area contributed by atoms with Crippen LogP contribution in [0.25, 0.3) is 0 Å². The molecule has 0 atom stereocenters. The lowest BCUT2D eigenvalue weighted by molar-refractivity contribution is 0.116. The third kappa shape index (κ3) is 3.03. The van der Waals surface area contributed by atoms with E-state index in [4.69, 9.17) is 0 Å². The lowest BCUT2D eigenvalue weighted by Gasteiger charge is -2.26. The van der Waals surface area contributed by atoms with Gasteiger partial charge in [-0.05, 0) is 54.5 Å². The standard InChI is InChI=1S/C12H19NOS/c1-9-7-15-8-10(9)6-13-11-2-4-12(14)5-3-11/h7-8,11-14H,2-6H2,1H3. The van der Waals surface area contributed by atoms with Gasteiger partial charge in [-0.3, -0.25) is 0 Å². The van der Waals surface area contributed by atoms with E-state index in [1.807, 2.05) is 0 Å². The number of aliphatic hydroxyl groups excluding tert-OH is 1. The molecule has 0 aromatic carbocycles. The van der Waals surface area contributed by atoms with E-state index in [9.17, 15) is 5.11 Å². The molecule has 84 valence electrons. The minimum absolute atomic E-state index is 0.0501. The van der Waals surface area contributed by atoms with Crippen LogP contribution in [0.1, 0.15) is 36.8 Å². The minimum atomic E-state index is -0.0501. The second kappa shape index (κ2) is 5.10. The maximum atomic E-state index is 9.40. The van der Waals surface area contributed by atoms with Gasteiger partial charge in [-0.15, -0.1) is 0 Å². The summed E-state index contributed by atoms with van der Waals surface area (Å²) in [5.41, 5.74) is 2.81. The average molecular weight is 225 g/mol. The van der Waals surface area contributed by atoms with Crippen LogP contribution in [-0.4, -0.2) is 17.3 Å². The number of rotatable bonds is 3. The summed E-state index contributed by atoms with van der Waals surface area (Å²) >= 11 is 1.77. The Labute approximate surface area is 95.3 Å². The first kappa shape index (κ1) is 11.1. The normalized spacial score (nSPS) is 26.8. The van der Waals surface area contributed by atoms with E-state index in [0.717, 1.165) is 32.2 Å². The molecule has 1 aromatic rings. The molecule has 0 radical (unpaired) electrons. The SMILES string of the molecule is Cc1cscc1CNC1CCC(O)CC1. The van der Waals surface area contributed by atoms with Crippen molar-refractivity contribution in [1.29, 1.82) is 0 Å². The van der Waals surface area contributed by atoms with Crippen molar-refractivity contribution in [2.75, 3.05) is 0 Å². The van der Waals surface area contributed by atoms with Gasteiger partial charge in [-0.25, -0.2) is 0 Å². The molecular formula is C12H19NOS. The molecule has 0 bridgehead atoms. The second-order valence-corrected chi connectivity index (χ2v) is 5.21. The quantitative estimate of drug-likeness (QED) is 0.828. The maximum absolute atomic E-state index is 9.40. The third-order valence-corrected chi connectivity index (χ3v) is 4.15. The van der Waals surface area contributed by atoms with Crippen LogP contribution in [0.4, 0.5) is 0 Å². The summed E-state index contributed by atoms with van der Waals surface area (Å²) in [6.07, 6.45) is 4.10. The third-order valence-electron chi connectivity index (χ3n) is 3.24. The van der Waals surface area contributed by atoms with Crippen LogP contribution in [0.15, 0.2) is 10.8 Å². The highest BCUT2D eigenvalue weighted by molar-refractivity contribution is 7.08. The molecule has 3 heteroatoms. The molecule has 1 heterocycles. The van der Waals surface area contributed by atoms with Crippen molar-refractivity contribution in [3.63, 3.8) is 0 Å². The Hall–Kier alpha value is -0.380. The molecule has 1 fully saturated rings. The van der Waals surface area contributed by atoms with Gasteiger partial charge in [0.2, 0.25) is 0 Å². The summed E-state index contributed by atoms with van der Waals surface area (Å²) in [5, 5.41) is 17.4. The van der Waals surface area contributed by atoms with Crippen molar-refractivity contribution in [2.45, 2.75) is 51.3 Å². The van der Waals surface area contributed by atoms with Gasteiger partial charge in [0.05, 0.1) is 6.10 Å². The molecule has 2 nitrogen and oxygen atoms in total. The zero-order chi connectivity index (χ0) is 10.7. The maximum Gasteiger partial charge on any atom is 0.0541 e. The Bertz CT molecular complexity index is 302. The zero-order valence-corrected chi connectivity index (χ0v) is 10.0.